The fourth-order valence-electron chi connectivity index (χ4n) is 2.44. The minimum atomic E-state index is -4.62. The topological polar surface area (TPSA) is 114 Å². The second-order valence-corrected chi connectivity index (χ2v) is 9.04. The van der Waals surface area contributed by atoms with Gasteiger partial charge in [0.1, 0.15) is 17.1 Å². The molecule has 0 aliphatic rings. The summed E-state index contributed by atoms with van der Waals surface area (Å²) in [5.41, 5.74) is -2.23. The predicted octanol–water partition coefficient (Wildman–Crippen LogP) is 6.05. The second-order valence-electron chi connectivity index (χ2n) is 6.09. The average molecular weight is 498 g/mol. The first-order valence-electron chi connectivity index (χ1n) is 8.57. The van der Waals surface area contributed by atoms with E-state index in [9.17, 15) is 32.6 Å². The van der Waals surface area contributed by atoms with Crippen LogP contribution in [0.15, 0.2) is 36.4 Å². The van der Waals surface area contributed by atoms with Gasteiger partial charge in [-0.3, -0.25) is 14.7 Å². The van der Waals surface area contributed by atoms with Crippen LogP contribution in [0.2, 0.25) is 5.02 Å². The molecule has 0 aliphatic heterocycles. The van der Waals surface area contributed by atoms with E-state index in [-0.39, 0.29) is 16.5 Å². The number of carbonyl (C=O) groups excluding carboxylic acids is 1. The molecule has 1 unspecified atom stereocenters. The van der Waals surface area contributed by atoms with Gasteiger partial charge in [-0.25, -0.2) is 4.79 Å². The quantitative estimate of drug-likeness (QED) is 0.187. The zero-order valence-corrected chi connectivity index (χ0v) is 18.4. The number of nitrogens with zero attached hydrogens (tertiary/aromatic N) is 1. The Kier molecular flexibility index (Phi) is 7.89. The van der Waals surface area contributed by atoms with E-state index >= 15 is 0 Å². The van der Waals surface area contributed by atoms with Crippen LogP contribution < -0.4 is 4.74 Å². The number of halogens is 4. The Morgan fingerprint density at radius 2 is 1.78 bits per heavy atom. The van der Waals surface area contributed by atoms with Crippen LogP contribution in [0.3, 0.4) is 0 Å². The third kappa shape index (κ3) is 5.77. The lowest BCUT2D eigenvalue weighted by molar-refractivity contribution is -0.385. The molecule has 0 saturated carbocycles. The summed E-state index contributed by atoms with van der Waals surface area (Å²) in [7, 11) is -1.69. The van der Waals surface area contributed by atoms with Crippen LogP contribution in [-0.4, -0.2) is 31.0 Å². The van der Waals surface area contributed by atoms with Crippen molar-refractivity contribution in [2.45, 2.75) is 18.9 Å². The summed E-state index contributed by atoms with van der Waals surface area (Å²) in [6, 6.07) is 5.32. The summed E-state index contributed by atoms with van der Waals surface area (Å²) in [5, 5.41) is 10.9. The molecule has 32 heavy (non-hydrogen) atoms. The van der Waals surface area contributed by atoms with Gasteiger partial charge < -0.3 is 18.5 Å². The van der Waals surface area contributed by atoms with Crippen molar-refractivity contribution in [1.82, 2.24) is 0 Å². The highest BCUT2D eigenvalue weighted by Gasteiger charge is 2.35. The molecule has 0 fully saturated rings. The maximum Gasteiger partial charge on any atom is 0.416 e. The average Bonchev–Trinajstić information content (AvgIpc) is 2.73. The molecule has 0 radical (unpaired) electrons. The van der Waals surface area contributed by atoms with Crippen LogP contribution in [0.25, 0.3) is 0 Å². The van der Waals surface area contributed by atoms with Gasteiger partial charge in [-0.1, -0.05) is 11.6 Å². The number of alkyl halides is 3. The van der Waals surface area contributed by atoms with Crippen molar-refractivity contribution in [3.63, 3.8) is 0 Å². The van der Waals surface area contributed by atoms with Crippen LogP contribution in [0.5, 0.6) is 11.5 Å². The summed E-state index contributed by atoms with van der Waals surface area (Å²) in [6.45, 7) is 1.21. The van der Waals surface area contributed by atoms with Crippen molar-refractivity contribution >= 4 is 30.9 Å². The SMILES string of the molecule is COP(=O)(OC)C(C)OC(=O)c1cc(Oc2ccc(C(F)(F)F)cc2Cl)ccc1[N+](=O)[O-]. The molecular weight excluding hydrogens is 482 g/mol. The van der Waals surface area contributed by atoms with Crippen LogP contribution in [0.1, 0.15) is 22.8 Å². The number of nitro groups is 1. The lowest BCUT2D eigenvalue weighted by Crippen LogP contribution is -2.18. The fourth-order valence-corrected chi connectivity index (χ4v) is 3.63. The Morgan fingerprint density at radius 1 is 1.16 bits per heavy atom. The van der Waals surface area contributed by atoms with Crippen LogP contribution >= 0.6 is 19.2 Å². The number of hydrogen-bond donors (Lipinski definition) is 0. The maximum atomic E-state index is 12.8. The number of benzene rings is 2. The number of carbonyl (C=O) groups is 1. The van der Waals surface area contributed by atoms with Gasteiger partial charge in [0.25, 0.3) is 5.69 Å². The first-order chi connectivity index (χ1) is 14.8. The summed E-state index contributed by atoms with van der Waals surface area (Å²) >= 11 is 5.84. The standard InChI is InChI=1S/C18H16ClF3NO8P/c1-10(32(27,28-2)29-3)30-17(24)13-9-12(5-6-15(13)23(25)26)31-16-7-4-11(8-14(16)19)18(20,21)22/h4-10H,1-3H3. The number of esters is 1. The summed E-state index contributed by atoms with van der Waals surface area (Å²) in [6.07, 6.45) is -4.62. The highest BCUT2D eigenvalue weighted by molar-refractivity contribution is 7.54. The van der Waals surface area contributed by atoms with Gasteiger partial charge in [0, 0.05) is 26.4 Å². The van der Waals surface area contributed by atoms with Gasteiger partial charge >= 0.3 is 19.7 Å². The lowest BCUT2D eigenvalue weighted by atomic mass is 10.1. The third-order valence-electron chi connectivity index (χ3n) is 4.10. The molecule has 14 heteroatoms. The number of hydrogen-bond acceptors (Lipinski definition) is 8. The van der Waals surface area contributed by atoms with Crippen molar-refractivity contribution in [2.24, 2.45) is 0 Å². The van der Waals surface area contributed by atoms with E-state index < -0.39 is 47.3 Å². The van der Waals surface area contributed by atoms with E-state index in [0.29, 0.717) is 6.07 Å². The number of ether oxygens (including phenoxy) is 2. The van der Waals surface area contributed by atoms with Crippen molar-refractivity contribution in [2.75, 3.05) is 14.2 Å². The van der Waals surface area contributed by atoms with Crippen molar-refractivity contribution in [3.8, 4) is 11.5 Å². The van der Waals surface area contributed by atoms with Crippen LogP contribution in [0, 0.1) is 10.1 Å². The van der Waals surface area contributed by atoms with Crippen molar-refractivity contribution in [3.05, 3.63) is 62.7 Å². The van der Waals surface area contributed by atoms with Crippen molar-refractivity contribution < 1.29 is 46.0 Å². The highest BCUT2D eigenvalue weighted by Crippen LogP contribution is 2.52. The molecule has 0 spiro atoms. The molecule has 1 atom stereocenters. The molecule has 0 heterocycles. The molecule has 0 aromatic heterocycles. The Morgan fingerprint density at radius 3 is 2.28 bits per heavy atom. The third-order valence-corrected chi connectivity index (χ3v) is 6.41. The fraction of sp³-hybridized carbons (Fsp3) is 0.278. The maximum absolute atomic E-state index is 12.8. The van der Waals surface area contributed by atoms with Gasteiger partial charge in [-0.15, -0.1) is 0 Å². The molecule has 0 amide bonds. The lowest BCUT2D eigenvalue weighted by Gasteiger charge is -2.20. The molecular formula is C18H16ClF3NO8P. The van der Waals surface area contributed by atoms with Gasteiger partial charge in [0.15, 0.2) is 5.85 Å². The largest absolute Gasteiger partial charge is 0.456 e. The van der Waals surface area contributed by atoms with Crippen LogP contribution in [0.4, 0.5) is 18.9 Å². The van der Waals surface area contributed by atoms with Gasteiger partial charge in [0.2, 0.25) is 0 Å². The molecule has 2 aromatic carbocycles. The normalized spacial score (nSPS) is 12.8. The summed E-state index contributed by atoms with van der Waals surface area (Å²) in [4.78, 5) is 23.0. The van der Waals surface area contributed by atoms with Gasteiger partial charge in [-0.2, -0.15) is 13.2 Å². The highest BCUT2D eigenvalue weighted by atomic mass is 35.5. The Hall–Kier alpha value is -2.66. The van der Waals surface area contributed by atoms with Gasteiger partial charge in [0.05, 0.1) is 15.5 Å². The van der Waals surface area contributed by atoms with Gasteiger partial charge in [-0.05, 0) is 31.2 Å². The molecule has 9 nitrogen and oxygen atoms in total. The number of rotatable bonds is 8. The number of nitro benzene ring substituents is 1. The molecule has 2 rings (SSSR count). The van der Waals surface area contributed by atoms with E-state index in [1.807, 2.05) is 0 Å². The minimum absolute atomic E-state index is 0.154. The second kappa shape index (κ2) is 9.86. The Bertz CT molecular complexity index is 1070. The monoisotopic (exact) mass is 497 g/mol. The summed E-state index contributed by atoms with van der Waals surface area (Å²) in [5.74, 6) is -2.98. The van der Waals surface area contributed by atoms with E-state index in [2.05, 4.69) is 0 Å². The molecule has 2 aromatic rings. The Labute approximate surface area is 184 Å². The zero-order chi connectivity index (χ0) is 24.3. The first kappa shape index (κ1) is 25.6. The smallest absolute Gasteiger partial charge is 0.416 e. The molecule has 0 saturated heterocycles. The molecule has 0 N–H and O–H groups in total. The Balaban J connectivity index is 2.37. The minimum Gasteiger partial charge on any atom is -0.456 e. The molecule has 0 aliphatic carbocycles. The van der Waals surface area contributed by atoms with Crippen molar-refractivity contribution in [1.29, 1.82) is 0 Å². The molecule has 0 bridgehead atoms. The van der Waals surface area contributed by atoms with Crippen LogP contribution in [-0.2, 0) is 24.5 Å². The predicted molar refractivity (Wildman–Crippen MR) is 106 cm³/mol. The van der Waals surface area contributed by atoms with E-state index in [1.54, 1.807) is 0 Å². The first-order valence-corrected chi connectivity index (χ1v) is 10.6. The van der Waals surface area contributed by atoms with E-state index in [4.69, 9.17) is 30.1 Å². The van der Waals surface area contributed by atoms with E-state index in [1.165, 1.54) is 6.92 Å². The zero-order valence-electron chi connectivity index (χ0n) is 16.7. The summed E-state index contributed by atoms with van der Waals surface area (Å²) < 4.78 is 70.4. The molecule has 174 valence electrons. The van der Waals surface area contributed by atoms with E-state index in [0.717, 1.165) is 44.6 Å².